The molecule has 0 amide bonds. The molecule has 0 saturated heterocycles. The largest absolute Gasteiger partial charge is 0.419 e. The molecule has 41 heavy (non-hydrogen) atoms. The van der Waals surface area contributed by atoms with Crippen LogP contribution in [0.5, 0.6) is 0 Å². The number of hydrogen-bond acceptors (Lipinski definition) is 6. The molecule has 3 aromatic rings. The third kappa shape index (κ3) is 5.44. The summed E-state index contributed by atoms with van der Waals surface area (Å²) in [5, 5.41) is 0. The molecule has 0 N–H and O–H groups in total. The van der Waals surface area contributed by atoms with Crippen molar-refractivity contribution < 1.29 is 13.2 Å². The highest BCUT2D eigenvalue weighted by Gasteiger charge is 2.37. The van der Waals surface area contributed by atoms with Crippen LogP contribution in [-0.2, 0) is 11.6 Å². The third-order valence-corrected chi connectivity index (χ3v) is 9.45. The number of aromatic nitrogens is 1. The average molecular weight is 578 g/mol. The molecule has 3 aliphatic rings. The van der Waals surface area contributed by atoms with Gasteiger partial charge in [-0.2, -0.15) is 13.2 Å². The molecular formula is C32H34F3N5S. The van der Waals surface area contributed by atoms with E-state index in [1.165, 1.54) is 23.5 Å². The fourth-order valence-corrected chi connectivity index (χ4v) is 7.04. The molecule has 5 nitrogen and oxygen atoms in total. The lowest BCUT2D eigenvalue weighted by molar-refractivity contribution is -0.137. The maximum Gasteiger partial charge on any atom is 0.419 e. The maximum atomic E-state index is 13.9. The van der Waals surface area contributed by atoms with Crippen molar-refractivity contribution in [3.63, 3.8) is 0 Å². The number of nitrogens with zero attached hydrogens (tertiary/aromatic N) is 5. The lowest BCUT2D eigenvalue weighted by atomic mass is 9.77. The van der Waals surface area contributed by atoms with Crippen LogP contribution in [0.2, 0.25) is 0 Å². The zero-order chi connectivity index (χ0) is 28.8. The Bertz CT molecular complexity index is 1480. The van der Waals surface area contributed by atoms with Crippen LogP contribution < -0.4 is 14.7 Å². The Morgan fingerprint density at radius 3 is 2.51 bits per heavy atom. The summed E-state index contributed by atoms with van der Waals surface area (Å²) >= 11 is 1.68. The summed E-state index contributed by atoms with van der Waals surface area (Å²) in [6.45, 7) is 6.45. The molecule has 0 spiro atoms. The van der Waals surface area contributed by atoms with Gasteiger partial charge in [-0.1, -0.05) is 49.9 Å². The number of pyridine rings is 1. The van der Waals surface area contributed by atoms with Gasteiger partial charge in [0.1, 0.15) is 5.82 Å². The molecule has 0 aliphatic carbocycles. The maximum absolute atomic E-state index is 13.9. The highest BCUT2D eigenvalue weighted by atomic mass is 32.2. The van der Waals surface area contributed by atoms with E-state index < -0.39 is 11.7 Å². The van der Waals surface area contributed by atoms with E-state index in [4.69, 9.17) is 4.99 Å². The van der Waals surface area contributed by atoms with Gasteiger partial charge in [-0.05, 0) is 65.8 Å². The minimum Gasteiger partial charge on any atom is -0.374 e. The number of rotatable bonds is 4. The zero-order valence-electron chi connectivity index (χ0n) is 23.5. The SMILES string of the molecule is CN1CCC(C)(C)c2ccc(N3C4=C(C=NC3Sc3ccccc3)CCN(c3ncccc3C(F)(F)F)CC4)cc21. The molecule has 3 aliphatic heterocycles. The van der Waals surface area contributed by atoms with Crippen LogP contribution in [-0.4, -0.2) is 43.4 Å². The second-order valence-corrected chi connectivity index (χ2v) is 12.6. The van der Waals surface area contributed by atoms with Gasteiger partial charge >= 0.3 is 6.18 Å². The van der Waals surface area contributed by atoms with Gasteiger partial charge in [-0.15, -0.1) is 0 Å². The minimum absolute atomic E-state index is 0.00353. The average Bonchev–Trinajstić information content (AvgIpc) is 3.18. The molecule has 214 valence electrons. The Hall–Kier alpha value is -3.46. The van der Waals surface area contributed by atoms with E-state index >= 15 is 0 Å². The van der Waals surface area contributed by atoms with Crippen LogP contribution in [0.3, 0.4) is 0 Å². The normalized spacial score (nSPS) is 20.5. The number of thioether (sulfide) groups is 1. The van der Waals surface area contributed by atoms with E-state index in [-0.39, 0.29) is 16.7 Å². The fourth-order valence-electron chi connectivity index (χ4n) is 6.01. The third-order valence-electron chi connectivity index (χ3n) is 8.36. The van der Waals surface area contributed by atoms with E-state index in [9.17, 15) is 13.2 Å². The Kier molecular flexibility index (Phi) is 7.26. The molecule has 1 unspecified atom stereocenters. The summed E-state index contributed by atoms with van der Waals surface area (Å²) in [7, 11) is 2.14. The molecule has 2 aromatic carbocycles. The van der Waals surface area contributed by atoms with Crippen LogP contribution in [0.1, 0.15) is 44.2 Å². The van der Waals surface area contributed by atoms with E-state index in [1.54, 1.807) is 16.7 Å². The van der Waals surface area contributed by atoms with Gasteiger partial charge in [0.2, 0.25) is 0 Å². The van der Waals surface area contributed by atoms with Gasteiger partial charge in [0.05, 0.1) is 5.56 Å². The van der Waals surface area contributed by atoms with Gasteiger partial charge in [0.25, 0.3) is 0 Å². The Labute approximate surface area is 243 Å². The number of alkyl halides is 3. The van der Waals surface area contributed by atoms with Crippen LogP contribution in [0.25, 0.3) is 0 Å². The van der Waals surface area contributed by atoms with Gasteiger partial charge in [0, 0.05) is 67.5 Å². The first-order valence-electron chi connectivity index (χ1n) is 14.0. The van der Waals surface area contributed by atoms with Gasteiger partial charge in [0.15, 0.2) is 5.50 Å². The molecule has 1 atom stereocenters. The van der Waals surface area contributed by atoms with Crippen LogP contribution in [0.4, 0.5) is 30.4 Å². The highest BCUT2D eigenvalue weighted by Crippen LogP contribution is 2.45. The number of anilines is 3. The van der Waals surface area contributed by atoms with Crippen molar-refractivity contribution in [2.75, 3.05) is 41.4 Å². The number of benzene rings is 2. The van der Waals surface area contributed by atoms with Gasteiger partial charge < -0.3 is 14.7 Å². The van der Waals surface area contributed by atoms with Crippen LogP contribution in [0.15, 0.2) is 88.0 Å². The molecule has 0 bridgehead atoms. The predicted molar refractivity (Wildman–Crippen MR) is 162 cm³/mol. The van der Waals surface area contributed by atoms with Crippen LogP contribution in [0, 0.1) is 0 Å². The summed E-state index contributed by atoms with van der Waals surface area (Å²) < 4.78 is 41.6. The quantitative estimate of drug-likeness (QED) is 0.317. The van der Waals surface area contributed by atoms with E-state index in [0.717, 1.165) is 40.9 Å². The number of fused-ring (bicyclic) bond motifs is 1. The van der Waals surface area contributed by atoms with Crippen molar-refractivity contribution in [3.05, 3.63) is 89.3 Å². The molecule has 4 heterocycles. The lowest BCUT2D eigenvalue weighted by Gasteiger charge is -2.41. The fraction of sp³-hybridized carbons (Fsp3) is 0.375. The number of hydrogen-bond donors (Lipinski definition) is 0. The highest BCUT2D eigenvalue weighted by molar-refractivity contribution is 8.00. The minimum atomic E-state index is -4.46. The molecule has 0 fully saturated rings. The van der Waals surface area contributed by atoms with Crippen molar-refractivity contribution in [2.45, 2.75) is 55.1 Å². The molecular weight excluding hydrogens is 543 g/mol. The molecule has 0 radical (unpaired) electrons. The summed E-state index contributed by atoms with van der Waals surface area (Å²) in [5.41, 5.74) is 4.94. The molecule has 9 heteroatoms. The molecule has 6 rings (SSSR count). The Morgan fingerprint density at radius 2 is 1.73 bits per heavy atom. The zero-order valence-corrected chi connectivity index (χ0v) is 24.3. The van der Waals surface area contributed by atoms with Crippen molar-refractivity contribution in [1.82, 2.24) is 4.98 Å². The Morgan fingerprint density at radius 1 is 0.951 bits per heavy atom. The number of halogens is 3. The first kappa shape index (κ1) is 27.7. The van der Waals surface area contributed by atoms with Gasteiger partial charge in [-0.25, -0.2) is 4.98 Å². The smallest absolute Gasteiger partial charge is 0.374 e. The molecule has 0 saturated carbocycles. The Balaban J connectivity index is 1.38. The summed E-state index contributed by atoms with van der Waals surface area (Å²) in [6, 6.07) is 19.4. The first-order chi connectivity index (χ1) is 19.6. The lowest BCUT2D eigenvalue weighted by Crippen LogP contribution is -2.37. The van der Waals surface area contributed by atoms with E-state index in [1.807, 2.05) is 24.4 Å². The topological polar surface area (TPSA) is 35.0 Å². The predicted octanol–water partition coefficient (Wildman–Crippen LogP) is 7.74. The summed E-state index contributed by atoms with van der Waals surface area (Å²) in [5.74, 6) is -0.00353. The van der Waals surface area contributed by atoms with Crippen molar-refractivity contribution in [3.8, 4) is 0 Å². The van der Waals surface area contributed by atoms with E-state index in [2.05, 4.69) is 66.0 Å². The van der Waals surface area contributed by atoms with E-state index in [0.29, 0.717) is 25.9 Å². The van der Waals surface area contributed by atoms with Crippen molar-refractivity contribution in [2.24, 2.45) is 4.99 Å². The number of aliphatic imine (C=N–C) groups is 1. The van der Waals surface area contributed by atoms with Crippen molar-refractivity contribution >= 4 is 35.2 Å². The van der Waals surface area contributed by atoms with Crippen LogP contribution >= 0.6 is 11.8 Å². The summed E-state index contributed by atoms with van der Waals surface area (Å²) in [4.78, 5) is 16.7. The van der Waals surface area contributed by atoms with Gasteiger partial charge in [-0.3, -0.25) is 4.99 Å². The van der Waals surface area contributed by atoms with Crippen molar-refractivity contribution in [1.29, 1.82) is 0 Å². The first-order valence-corrected chi connectivity index (χ1v) is 14.9. The monoisotopic (exact) mass is 577 g/mol. The standard InChI is InChI=1S/C32H34F3N5S/c1-31(2)15-19-38(3)28-20-23(11-12-25(28)31)40-27-14-18-39(29-26(32(33,34)35)10-7-16-36-29)17-13-22(27)21-37-30(40)41-24-8-5-4-6-9-24/h4-12,16,20-21,30H,13-15,17-19H2,1-3H3. The second kappa shape index (κ2) is 10.7. The second-order valence-electron chi connectivity index (χ2n) is 11.5. The summed E-state index contributed by atoms with van der Waals surface area (Å²) in [6.07, 6.45) is 1.18. The molecule has 1 aromatic heterocycles.